The van der Waals surface area contributed by atoms with E-state index in [1.165, 1.54) is 19.3 Å². The number of fused-ring (bicyclic) bond motifs is 1. The Morgan fingerprint density at radius 3 is 2.95 bits per heavy atom. The highest BCUT2D eigenvalue weighted by molar-refractivity contribution is 5.72. The van der Waals surface area contributed by atoms with Crippen LogP contribution < -0.4 is 0 Å². The van der Waals surface area contributed by atoms with Crippen molar-refractivity contribution in [2.24, 2.45) is 11.8 Å². The largest absolute Gasteiger partial charge is 0.512 e. The van der Waals surface area contributed by atoms with Crippen LogP contribution >= 0.6 is 0 Å². The smallest absolute Gasteiger partial charge is 0.306 e. The molecule has 0 aromatic rings. The molecule has 2 unspecified atom stereocenters. The summed E-state index contributed by atoms with van der Waals surface area (Å²) in [6.07, 6.45) is 7.27. The van der Waals surface area contributed by atoms with E-state index in [4.69, 9.17) is 4.74 Å². The Bertz CT molecular complexity index is 350. The zero-order chi connectivity index (χ0) is 13.8. The van der Waals surface area contributed by atoms with E-state index < -0.39 is 6.10 Å². The maximum atomic E-state index is 11.3. The summed E-state index contributed by atoms with van der Waals surface area (Å²) in [7, 11) is 0. The number of hydrogen-bond donors (Lipinski definition) is 2. The number of allylic oxidation sites excluding steroid dienone is 1. The molecule has 2 fully saturated rings. The summed E-state index contributed by atoms with van der Waals surface area (Å²) in [5, 5.41) is 20.1. The third-order valence-corrected chi connectivity index (χ3v) is 4.27. The van der Waals surface area contributed by atoms with E-state index in [1.54, 1.807) is 0 Å². The molecule has 0 aromatic heterocycles. The molecule has 4 atom stereocenters. The van der Waals surface area contributed by atoms with Gasteiger partial charge in [-0.1, -0.05) is 26.2 Å². The van der Waals surface area contributed by atoms with Crippen LogP contribution in [0.4, 0.5) is 0 Å². The van der Waals surface area contributed by atoms with E-state index >= 15 is 0 Å². The average Bonchev–Trinajstić information content (AvgIpc) is 2.83. The molecule has 1 aliphatic heterocycles. The van der Waals surface area contributed by atoms with Crippen LogP contribution in [0.1, 0.15) is 51.9 Å². The van der Waals surface area contributed by atoms with Crippen LogP contribution in [0, 0.1) is 11.8 Å². The van der Waals surface area contributed by atoms with Gasteiger partial charge in [0, 0.05) is 18.3 Å². The maximum Gasteiger partial charge on any atom is 0.306 e. The molecule has 1 aliphatic carbocycles. The topological polar surface area (TPSA) is 66.8 Å². The number of rotatable bonds is 6. The number of esters is 1. The third kappa shape index (κ3) is 3.30. The SMILES string of the molecule is CCCCCC/C=C(\O)[C@@H]1C2CC(=O)OC2C[C@H]1O. The molecule has 19 heavy (non-hydrogen) atoms. The molecule has 2 rings (SSSR count). The minimum absolute atomic E-state index is 0.0469. The van der Waals surface area contributed by atoms with E-state index in [-0.39, 0.29) is 29.7 Å². The van der Waals surface area contributed by atoms with Crippen molar-refractivity contribution in [1.82, 2.24) is 0 Å². The number of hydrogen-bond acceptors (Lipinski definition) is 4. The fourth-order valence-electron chi connectivity index (χ4n) is 3.25. The first-order valence-corrected chi connectivity index (χ1v) is 7.40. The van der Waals surface area contributed by atoms with Gasteiger partial charge >= 0.3 is 5.97 Å². The Labute approximate surface area is 114 Å². The fourth-order valence-corrected chi connectivity index (χ4v) is 3.25. The number of carbonyl (C=O) groups excluding carboxylic acids is 1. The average molecular weight is 268 g/mol. The van der Waals surface area contributed by atoms with Crippen molar-refractivity contribution in [3.63, 3.8) is 0 Å². The Morgan fingerprint density at radius 2 is 2.21 bits per heavy atom. The zero-order valence-electron chi connectivity index (χ0n) is 11.5. The molecule has 0 amide bonds. The maximum absolute atomic E-state index is 11.3. The number of unbranched alkanes of at least 4 members (excludes halogenated alkanes) is 4. The van der Waals surface area contributed by atoms with E-state index in [1.807, 2.05) is 6.08 Å². The zero-order valence-corrected chi connectivity index (χ0v) is 11.5. The van der Waals surface area contributed by atoms with Crippen LogP contribution in [0.15, 0.2) is 11.8 Å². The summed E-state index contributed by atoms with van der Waals surface area (Å²) in [6, 6.07) is 0. The molecule has 0 spiro atoms. The van der Waals surface area contributed by atoms with Crippen molar-refractivity contribution in [3.05, 3.63) is 11.8 Å². The predicted octanol–water partition coefficient (Wildman–Crippen LogP) is 2.71. The van der Waals surface area contributed by atoms with Crippen molar-refractivity contribution in [1.29, 1.82) is 0 Å². The minimum Gasteiger partial charge on any atom is -0.512 e. The number of ether oxygens (including phenoxy) is 1. The lowest BCUT2D eigenvalue weighted by Crippen LogP contribution is -2.22. The van der Waals surface area contributed by atoms with E-state index in [0.717, 1.165) is 12.8 Å². The minimum atomic E-state index is -0.588. The van der Waals surface area contributed by atoms with Gasteiger partial charge in [0.1, 0.15) is 6.10 Å². The quantitative estimate of drug-likeness (QED) is 0.441. The third-order valence-electron chi connectivity index (χ3n) is 4.27. The highest BCUT2D eigenvalue weighted by Crippen LogP contribution is 2.44. The van der Waals surface area contributed by atoms with Gasteiger partial charge in [-0.25, -0.2) is 0 Å². The molecule has 0 bridgehead atoms. The number of carbonyl (C=O) groups is 1. The molecule has 1 heterocycles. The van der Waals surface area contributed by atoms with Gasteiger partial charge < -0.3 is 14.9 Å². The van der Waals surface area contributed by atoms with Crippen molar-refractivity contribution >= 4 is 5.97 Å². The summed E-state index contributed by atoms with van der Waals surface area (Å²) >= 11 is 0. The van der Waals surface area contributed by atoms with Gasteiger partial charge in [0.25, 0.3) is 0 Å². The summed E-state index contributed by atoms with van der Waals surface area (Å²) in [6.45, 7) is 2.17. The van der Waals surface area contributed by atoms with E-state index in [0.29, 0.717) is 12.8 Å². The second-order valence-corrected chi connectivity index (χ2v) is 5.70. The molecule has 4 nitrogen and oxygen atoms in total. The first kappa shape index (κ1) is 14.4. The Balaban J connectivity index is 1.88. The lowest BCUT2D eigenvalue weighted by molar-refractivity contribution is -0.141. The van der Waals surface area contributed by atoms with Gasteiger partial charge in [-0.3, -0.25) is 4.79 Å². The second-order valence-electron chi connectivity index (χ2n) is 5.70. The Morgan fingerprint density at radius 1 is 1.42 bits per heavy atom. The normalized spacial score (nSPS) is 34.4. The van der Waals surface area contributed by atoms with Crippen LogP contribution in [0.5, 0.6) is 0 Å². The van der Waals surface area contributed by atoms with Crippen LogP contribution in [-0.4, -0.2) is 28.4 Å². The summed E-state index contributed by atoms with van der Waals surface area (Å²) in [5.74, 6) is -0.325. The monoisotopic (exact) mass is 268 g/mol. The first-order valence-electron chi connectivity index (χ1n) is 7.40. The van der Waals surface area contributed by atoms with Crippen LogP contribution in [0.3, 0.4) is 0 Å². The molecule has 1 saturated carbocycles. The lowest BCUT2D eigenvalue weighted by atomic mass is 9.90. The van der Waals surface area contributed by atoms with Gasteiger partial charge in [-0.05, 0) is 18.9 Å². The van der Waals surface area contributed by atoms with Crippen molar-refractivity contribution in [2.75, 3.05) is 0 Å². The Kier molecular flexibility index (Phi) is 4.86. The Hall–Kier alpha value is -1.03. The second kappa shape index (κ2) is 6.42. The van der Waals surface area contributed by atoms with Crippen molar-refractivity contribution in [2.45, 2.75) is 64.1 Å². The number of aliphatic hydroxyl groups excluding tert-OH is 2. The molecule has 0 radical (unpaired) electrons. The van der Waals surface area contributed by atoms with Crippen LogP contribution in [-0.2, 0) is 9.53 Å². The van der Waals surface area contributed by atoms with Crippen LogP contribution in [0.25, 0.3) is 0 Å². The first-order chi connectivity index (χ1) is 9.13. The molecule has 0 aromatic carbocycles. The molecule has 2 N–H and O–H groups in total. The summed E-state index contributed by atoms with van der Waals surface area (Å²) in [4.78, 5) is 11.3. The lowest BCUT2D eigenvalue weighted by Gasteiger charge is -2.18. The molecular weight excluding hydrogens is 244 g/mol. The molecular formula is C15H24O4. The molecule has 108 valence electrons. The van der Waals surface area contributed by atoms with Gasteiger partial charge in [0.15, 0.2) is 0 Å². The predicted molar refractivity (Wildman–Crippen MR) is 71.6 cm³/mol. The molecule has 4 heteroatoms. The molecule has 2 aliphatic rings. The van der Waals surface area contributed by atoms with Gasteiger partial charge in [0.05, 0.1) is 18.3 Å². The number of aliphatic hydroxyl groups is 2. The van der Waals surface area contributed by atoms with E-state index in [2.05, 4.69) is 6.92 Å². The standard InChI is InChI=1S/C15H24O4/c1-2-3-4-5-6-7-11(16)15-10-8-14(18)19-13(10)9-12(15)17/h7,10,12-13,15-17H,2-6,8-9H2,1H3/b11-7-/t10?,12-,13?,15+/m1/s1. The van der Waals surface area contributed by atoms with Gasteiger partial charge in [0.2, 0.25) is 0 Å². The van der Waals surface area contributed by atoms with Crippen LogP contribution in [0.2, 0.25) is 0 Å². The van der Waals surface area contributed by atoms with Gasteiger partial charge in [-0.2, -0.15) is 0 Å². The summed E-state index contributed by atoms with van der Waals surface area (Å²) in [5.41, 5.74) is 0. The van der Waals surface area contributed by atoms with E-state index in [9.17, 15) is 15.0 Å². The highest BCUT2D eigenvalue weighted by atomic mass is 16.6. The van der Waals surface area contributed by atoms with Crippen molar-refractivity contribution < 1.29 is 19.7 Å². The highest BCUT2D eigenvalue weighted by Gasteiger charge is 2.51. The fraction of sp³-hybridized carbons (Fsp3) is 0.800. The van der Waals surface area contributed by atoms with Crippen molar-refractivity contribution in [3.8, 4) is 0 Å². The molecule has 1 saturated heterocycles. The van der Waals surface area contributed by atoms with Gasteiger partial charge in [-0.15, -0.1) is 0 Å². The summed E-state index contributed by atoms with van der Waals surface area (Å²) < 4.78 is 5.16.